The number of piperazine rings is 1. The van der Waals surface area contributed by atoms with Gasteiger partial charge in [-0.05, 0) is 36.5 Å². The molecular weight excluding hydrogens is 218 g/mol. The van der Waals surface area contributed by atoms with Crippen molar-refractivity contribution in [2.24, 2.45) is 0 Å². The van der Waals surface area contributed by atoms with Gasteiger partial charge in [0.25, 0.3) is 0 Å². The molecule has 3 nitrogen and oxygen atoms in total. The van der Waals surface area contributed by atoms with Crippen molar-refractivity contribution in [1.29, 1.82) is 0 Å². The molecule has 1 unspecified atom stereocenters. The van der Waals surface area contributed by atoms with Crippen molar-refractivity contribution in [3.8, 4) is 0 Å². The van der Waals surface area contributed by atoms with Crippen molar-refractivity contribution in [1.82, 2.24) is 15.1 Å². The Morgan fingerprint density at radius 3 is 3.06 bits per heavy atom. The molecule has 0 radical (unpaired) electrons. The third kappa shape index (κ3) is 3.28. The van der Waals surface area contributed by atoms with Gasteiger partial charge in [-0.3, -0.25) is 4.90 Å². The summed E-state index contributed by atoms with van der Waals surface area (Å²) in [7, 11) is 4.43. The normalized spacial score (nSPS) is 23.8. The first-order chi connectivity index (χ1) is 7.75. The Morgan fingerprint density at radius 2 is 2.31 bits per heavy atom. The molecule has 0 aliphatic carbocycles. The minimum atomic E-state index is 0.650. The fourth-order valence-electron chi connectivity index (χ4n) is 2.10. The van der Waals surface area contributed by atoms with Gasteiger partial charge in [0.2, 0.25) is 0 Å². The summed E-state index contributed by atoms with van der Waals surface area (Å²) < 4.78 is 0. The van der Waals surface area contributed by atoms with E-state index in [1.54, 1.807) is 11.3 Å². The van der Waals surface area contributed by atoms with Crippen LogP contribution in [0.15, 0.2) is 16.8 Å². The quantitative estimate of drug-likeness (QED) is 0.848. The first-order valence-electron chi connectivity index (χ1n) is 5.86. The topological polar surface area (TPSA) is 18.5 Å². The Hall–Kier alpha value is -0.420. The Kier molecular flexibility index (Phi) is 4.35. The molecule has 1 aromatic rings. The van der Waals surface area contributed by atoms with Crippen LogP contribution in [-0.2, 0) is 6.54 Å². The fourth-order valence-corrected chi connectivity index (χ4v) is 2.77. The average Bonchev–Trinajstić information content (AvgIpc) is 2.76. The highest BCUT2D eigenvalue weighted by Crippen LogP contribution is 2.07. The van der Waals surface area contributed by atoms with Gasteiger partial charge in [-0.25, -0.2) is 0 Å². The zero-order valence-electron chi connectivity index (χ0n) is 10.1. The van der Waals surface area contributed by atoms with Gasteiger partial charge in [0.1, 0.15) is 0 Å². The number of likely N-dealkylation sites (N-methyl/N-ethyl adjacent to an activating group) is 2. The molecule has 1 aliphatic heterocycles. The van der Waals surface area contributed by atoms with Crippen molar-refractivity contribution in [2.45, 2.75) is 12.6 Å². The van der Waals surface area contributed by atoms with E-state index in [0.717, 1.165) is 13.1 Å². The molecule has 0 saturated carbocycles. The van der Waals surface area contributed by atoms with Crippen molar-refractivity contribution in [3.63, 3.8) is 0 Å². The molecule has 0 spiro atoms. The van der Waals surface area contributed by atoms with Crippen molar-refractivity contribution < 1.29 is 0 Å². The molecule has 1 aromatic heterocycles. The van der Waals surface area contributed by atoms with Crippen LogP contribution in [0.25, 0.3) is 0 Å². The molecule has 0 aromatic carbocycles. The van der Waals surface area contributed by atoms with Crippen LogP contribution in [0.4, 0.5) is 0 Å². The van der Waals surface area contributed by atoms with Crippen molar-refractivity contribution in [3.05, 3.63) is 22.4 Å². The van der Waals surface area contributed by atoms with E-state index >= 15 is 0 Å². The van der Waals surface area contributed by atoms with Crippen LogP contribution in [0.3, 0.4) is 0 Å². The maximum atomic E-state index is 3.55. The predicted octanol–water partition coefficient (Wildman–Crippen LogP) is 1.08. The number of thiophene rings is 1. The molecule has 2 heterocycles. The van der Waals surface area contributed by atoms with Crippen molar-refractivity contribution >= 4 is 11.3 Å². The van der Waals surface area contributed by atoms with Crippen molar-refractivity contribution in [2.75, 3.05) is 40.3 Å². The number of nitrogens with one attached hydrogen (secondary N) is 1. The third-order valence-electron chi connectivity index (χ3n) is 3.27. The molecule has 0 bridgehead atoms. The molecule has 1 aliphatic rings. The first kappa shape index (κ1) is 12.0. The van der Waals surface area contributed by atoms with Crippen LogP contribution >= 0.6 is 11.3 Å². The largest absolute Gasteiger partial charge is 0.311 e. The second-order valence-corrected chi connectivity index (χ2v) is 5.44. The van der Waals surface area contributed by atoms with E-state index in [0.29, 0.717) is 6.04 Å². The van der Waals surface area contributed by atoms with Crippen LogP contribution in [0.1, 0.15) is 5.56 Å². The SMILES string of the molecule is CN1CCN(C)C(CNCc2ccsc2)C1. The summed E-state index contributed by atoms with van der Waals surface area (Å²) in [5.41, 5.74) is 1.40. The monoisotopic (exact) mass is 239 g/mol. The molecule has 4 heteroatoms. The zero-order valence-corrected chi connectivity index (χ0v) is 11.0. The number of hydrogen-bond acceptors (Lipinski definition) is 4. The number of nitrogens with zero attached hydrogens (tertiary/aromatic N) is 2. The van der Waals surface area contributed by atoms with Gasteiger partial charge >= 0.3 is 0 Å². The minimum absolute atomic E-state index is 0.650. The van der Waals surface area contributed by atoms with Gasteiger partial charge in [-0.1, -0.05) is 0 Å². The van der Waals surface area contributed by atoms with E-state index in [-0.39, 0.29) is 0 Å². The first-order valence-corrected chi connectivity index (χ1v) is 6.80. The van der Waals surface area contributed by atoms with E-state index < -0.39 is 0 Å². The maximum absolute atomic E-state index is 3.55. The Bertz CT molecular complexity index is 299. The molecule has 1 saturated heterocycles. The zero-order chi connectivity index (χ0) is 11.4. The van der Waals surface area contributed by atoms with Gasteiger partial charge < -0.3 is 10.2 Å². The molecule has 0 amide bonds. The number of hydrogen-bond donors (Lipinski definition) is 1. The van der Waals surface area contributed by atoms with E-state index in [2.05, 4.69) is 46.0 Å². The summed E-state index contributed by atoms with van der Waals surface area (Å²) in [6.07, 6.45) is 0. The van der Waals surface area contributed by atoms with Crippen LogP contribution in [-0.4, -0.2) is 56.1 Å². The lowest BCUT2D eigenvalue weighted by Crippen LogP contribution is -2.53. The Balaban J connectivity index is 1.72. The Morgan fingerprint density at radius 1 is 1.44 bits per heavy atom. The summed E-state index contributed by atoms with van der Waals surface area (Å²) >= 11 is 1.77. The van der Waals surface area contributed by atoms with Gasteiger partial charge in [0.05, 0.1) is 0 Å². The summed E-state index contributed by atoms with van der Waals surface area (Å²) in [5.74, 6) is 0. The van der Waals surface area contributed by atoms with Gasteiger partial charge in [-0.15, -0.1) is 0 Å². The van der Waals surface area contributed by atoms with E-state index in [9.17, 15) is 0 Å². The van der Waals surface area contributed by atoms with E-state index in [1.807, 2.05) is 0 Å². The molecule has 2 rings (SSSR count). The minimum Gasteiger partial charge on any atom is -0.311 e. The standard InChI is InChI=1S/C12H21N3S/c1-14-4-5-15(2)12(9-14)8-13-7-11-3-6-16-10-11/h3,6,10,12-13H,4-5,7-9H2,1-2H3. The van der Waals surface area contributed by atoms with Gasteiger partial charge in [0.15, 0.2) is 0 Å². The number of rotatable bonds is 4. The van der Waals surface area contributed by atoms with Crippen LogP contribution in [0.2, 0.25) is 0 Å². The lowest BCUT2D eigenvalue weighted by molar-refractivity contribution is 0.113. The highest BCUT2D eigenvalue weighted by molar-refractivity contribution is 7.07. The molecule has 16 heavy (non-hydrogen) atoms. The van der Waals surface area contributed by atoms with E-state index in [4.69, 9.17) is 0 Å². The van der Waals surface area contributed by atoms with Crippen LogP contribution < -0.4 is 5.32 Å². The summed E-state index contributed by atoms with van der Waals surface area (Å²) in [6, 6.07) is 2.84. The maximum Gasteiger partial charge on any atom is 0.0345 e. The summed E-state index contributed by atoms with van der Waals surface area (Å²) in [5, 5.41) is 7.90. The van der Waals surface area contributed by atoms with E-state index in [1.165, 1.54) is 25.2 Å². The third-order valence-corrected chi connectivity index (χ3v) is 4.00. The van der Waals surface area contributed by atoms with Gasteiger partial charge in [0, 0.05) is 38.8 Å². The molecule has 90 valence electrons. The molecule has 1 fully saturated rings. The average molecular weight is 239 g/mol. The summed E-state index contributed by atoms with van der Waals surface area (Å²) in [6.45, 7) is 5.63. The molecular formula is C12H21N3S. The highest BCUT2D eigenvalue weighted by Gasteiger charge is 2.21. The lowest BCUT2D eigenvalue weighted by atomic mass is 10.2. The lowest BCUT2D eigenvalue weighted by Gasteiger charge is -2.37. The predicted molar refractivity (Wildman–Crippen MR) is 69.9 cm³/mol. The smallest absolute Gasteiger partial charge is 0.0345 e. The Labute approximate surface area is 102 Å². The highest BCUT2D eigenvalue weighted by atomic mass is 32.1. The van der Waals surface area contributed by atoms with Crippen LogP contribution in [0.5, 0.6) is 0 Å². The van der Waals surface area contributed by atoms with Gasteiger partial charge in [-0.2, -0.15) is 11.3 Å². The fraction of sp³-hybridized carbons (Fsp3) is 0.667. The van der Waals surface area contributed by atoms with Crippen LogP contribution in [0, 0.1) is 0 Å². The second-order valence-electron chi connectivity index (χ2n) is 4.66. The molecule has 1 N–H and O–H groups in total. The summed E-state index contributed by atoms with van der Waals surface area (Å²) in [4.78, 5) is 4.87. The second kappa shape index (κ2) is 5.77. The molecule has 1 atom stereocenters.